The minimum atomic E-state index is -0.433. The Bertz CT molecular complexity index is 1230. The Morgan fingerprint density at radius 2 is 1.58 bits per heavy atom. The lowest BCUT2D eigenvalue weighted by molar-refractivity contribution is -0.118. The van der Waals surface area contributed by atoms with Crippen LogP contribution in [0.4, 0.5) is 5.69 Å². The van der Waals surface area contributed by atoms with Crippen LogP contribution < -0.4 is 25.0 Å². The summed E-state index contributed by atoms with van der Waals surface area (Å²) in [6.07, 6.45) is 1.40. The summed E-state index contributed by atoms with van der Waals surface area (Å²) in [5.41, 5.74) is 5.10. The van der Waals surface area contributed by atoms with Crippen molar-refractivity contribution in [2.45, 2.75) is 20.8 Å². The van der Waals surface area contributed by atoms with Crippen LogP contribution in [-0.4, -0.2) is 37.8 Å². The third-order valence-electron chi connectivity index (χ3n) is 4.84. The summed E-state index contributed by atoms with van der Waals surface area (Å²) in [5, 5.41) is 7.24. The maximum Gasteiger partial charge on any atom is 0.271 e. The molecule has 3 aromatic rings. The molecule has 0 atom stereocenters. The van der Waals surface area contributed by atoms with Crippen LogP contribution in [-0.2, 0) is 4.79 Å². The third kappa shape index (κ3) is 7.74. The SMILES string of the molecule is CCOc1ccc(C(=O)N/N=C/c2cc(Cl)ccc2OCC(=O)Nc2ccc(C)cc2)cc1OCC. The summed E-state index contributed by atoms with van der Waals surface area (Å²) in [7, 11) is 0. The van der Waals surface area contributed by atoms with Gasteiger partial charge in [0.2, 0.25) is 0 Å². The number of hydrogen-bond acceptors (Lipinski definition) is 6. The molecule has 0 unspecified atom stereocenters. The Kier molecular flexibility index (Phi) is 9.71. The smallest absolute Gasteiger partial charge is 0.271 e. The number of carbonyl (C=O) groups excluding carboxylic acids is 2. The van der Waals surface area contributed by atoms with Gasteiger partial charge in [0.05, 0.1) is 19.4 Å². The van der Waals surface area contributed by atoms with Crippen molar-refractivity contribution in [3.8, 4) is 17.2 Å². The van der Waals surface area contributed by atoms with E-state index >= 15 is 0 Å². The van der Waals surface area contributed by atoms with Gasteiger partial charge >= 0.3 is 0 Å². The Balaban J connectivity index is 1.64. The van der Waals surface area contributed by atoms with Gasteiger partial charge in [-0.25, -0.2) is 5.43 Å². The Morgan fingerprint density at radius 3 is 2.31 bits per heavy atom. The molecule has 0 aliphatic carbocycles. The van der Waals surface area contributed by atoms with E-state index in [1.165, 1.54) is 6.21 Å². The van der Waals surface area contributed by atoms with Crippen LogP contribution in [0.2, 0.25) is 5.02 Å². The number of rotatable bonds is 11. The van der Waals surface area contributed by atoms with Gasteiger partial charge in [-0.15, -0.1) is 0 Å². The highest BCUT2D eigenvalue weighted by Gasteiger charge is 2.12. The van der Waals surface area contributed by atoms with E-state index in [4.69, 9.17) is 25.8 Å². The number of anilines is 1. The van der Waals surface area contributed by atoms with Gasteiger partial charge in [-0.1, -0.05) is 29.3 Å². The van der Waals surface area contributed by atoms with Gasteiger partial charge in [0.1, 0.15) is 5.75 Å². The van der Waals surface area contributed by atoms with Gasteiger partial charge in [0, 0.05) is 21.8 Å². The summed E-state index contributed by atoms with van der Waals surface area (Å²) >= 11 is 6.11. The van der Waals surface area contributed by atoms with Crippen LogP contribution in [0.3, 0.4) is 0 Å². The first-order valence-electron chi connectivity index (χ1n) is 11.4. The first-order chi connectivity index (χ1) is 17.4. The van der Waals surface area contributed by atoms with E-state index in [9.17, 15) is 9.59 Å². The highest BCUT2D eigenvalue weighted by molar-refractivity contribution is 6.30. The molecule has 3 aromatic carbocycles. The summed E-state index contributed by atoms with van der Waals surface area (Å²) in [4.78, 5) is 24.9. The predicted octanol–water partition coefficient (Wildman–Crippen LogP) is 5.23. The van der Waals surface area contributed by atoms with Crippen molar-refractivity contribution >= 4 is 35.3 Å². The van der Waals surface area contributed by atoms with Crippen LogP contribution in [0.5, 0.6) is 17.2 Å². The van der Waals surface area contributed by atoms with Crippen molar-refractivity contribution in [2.75, 3.05) is 25.1 Å². The molecule has 0 fully saturated rings. The number of hydrazone groups is 1. The monoisotopic (exact) mass is 509 g/mol. The van der Waals surface area contributed by atoms with Gasteiger partial charge in [-0.05, 0) is 69.3 Å². The average molecular weight is 510 g/mol. The Labute approximate surface area is 215 Å². The molecule has 8 nitrogen and oxygen atoms in total. The third-order valence-corrected chi connectivity index (χ3v) is 5.08. The lowest BCUT2D eigenvalue weighted by atomic mass is 10.2. The molecule has 0 aliphatic rings. The van der Waals surface area contributed by atoms with Crippen LogP contribution in [0.15, 0.2) is 65.8 Å². The van der Waals surface area contributed by atoms with Crippen molar-refractivity contribution in [2.24, 2.45) is 5.10 Å². The lowest BCUT2D eigenvalue weighted by Crippen LogP contribution is -2.20. The first-order valence-corrected chi connectivity index (χ1v) is 11.8. The fourth-order valence-electron chi connectivity index (χ4n) is 3.15. The summed E-state index contributed by atoms with van der Waals surface area (Å²) < 4.78 is 16.8. The molecule has 0 aromatic heterocycles. The number of ether oxygens (including phenoxy) is 3. The molecule has 0 heterocycles. The molecule has 3 rings (SSSR count). The second-order valence-corrected chi connectivity index (χ2v) is 8.05. The molecule has 2 N–H and O–H groups in total. The number of nitrogens with zero attached hydrogens (tertiary/aromatic N) is 1. The van der Waals surface area contributed by atoms with Crippen LogP contribution >= 0.6 is 11.6 Å². The van der Waals surface area contributed by atoms with Crippen molar-refractivity contribution in [1.82, 2.24) is 5.43 Å². The van der Waals surface area contributed by atoms with E-state index in [0.717, 1.165) is 5.56 Å². The number of benzene rings is 3. The number of aryl methyl sites for hydroxylation is 1. The maximum absolute atomic E-state index is 12.6. The van der Waals surface area contributed by atoms with Crippen molar-refractivity contribution in [3.05, 3.63) is 82.4 Å². The normalized spacial score (nSPS) is 10.7. The number of nitrogens with one attached hydrogen (secondary N) is 2. The van der Waals surface area contributed by atoms with E-state index in [-0.39, 0.29) is 12.5 Å². The average Bonchev–Trinajstić information content (AvgIpc) is 2.86. The molecular weight excluding hydrogens is 482 g/mol. The molecular formula is C27H28ClN3O5. The van der Waals surface area contributed by atoms with E-state index in [1.54, 1.807) is 36.4 Å². The minimum Gasteiger partial charge on any atom is -0.490 e. The van der Waals surface area contributed by atoms with Gasteiger partial charge in [-0.2, -0.15) is 5.10 Å². The van der Waals surface area contributed by atoms with Crippen molar-refractivity contribution < 1.29 is 23.8 Å². The highest BCUT2D eigenvalue weighted by atomic mass is 35.5. The minimum absolute atomic E-state index is 0.213. The molecule has 0 radical (unpaired) electrons. The summed E-state index contributed by atoms with van der Waals surface area (Å²) in [5.74, 6) is 0.677. The Morgan fingerprint density at radius 1 is 0.889 bits per heavy atom. The molecule has 2 amide bonds. The van der Waals surface area contributed by atoms with Crippen LogP contribution in [0, 0.1) is 6.92 Å². The maximum atomic E-state index is 12.6. The zero-order valence-electron chi connectivity index (χ0n) is 20.3. The standard InChI is InChI=1S/C27H28ClN3O5/c1-4-34-24-12-8-19(15-25(24)35-5-2)27(33)31-29-16-20-14-21(28)9-13-23(20)36-17-26(32)30-22-10-6-18(3)7-11-22/h6-16H,4-5,17H2,1-3H3,(H,30,32)(H,31,33)/b29-16+. The van der Waals surface area contributed by atoms with Gasteiger partial charge < -0.3 is 19.5 Å². The fourth-order valence-corrected chi connectivity index (χ4v) is 3.33. The lowest BCUT2D eigenvalue weighted by Gasteiger charge is -2.12. The zero-order valence-corrected chi connectivity index (χ0v) is 21.1. The molecule has 0 saturated carbocycles. The molecule has 0 spiro atoms. The van der Waals surface area contributed by atoms with E-state index in [1.807, 2.05) is 45.0 Å². The summed E-state index contributed by atoms with van der Waals surface area (Å²) in [6.45, 7) is 6.39. The first kappa shape index (κ1) is 26.6. The van der Waals surface area contributed by atoms with Crippen LogP contribution in [0.1, 0.15) is 35.3 Å². The molecule has 188 valence electrons. The molecule has 0 bridgehead atoms. The molecule has 9 heteroatoms. The quantitative estimate of drug-likeness (QED) is 0.272. The number of halogens is 1. The number of hydrogen-bond donors (Lipinski definition) is 2. The van der Waals surface area contributed by atoms with Crippen molar-refractivity contribution in [3.63, 3.8) is 0 Å². The fraction of sp³-hybridized carbons (Fsp3) is 0.222. The zero-order chi connectivity index (χ0) is 25.9. The van der Waals surface area contributed by atoms with Gasteiger partial charge in [0.25, 0.3) is 11.8 Å². The van der Waals surface area contributed by atoms with Crippen molar-refractivity contribution in [1.29, 1.82) is 0 Å². The van der Waals surface area contributed by atoms with Crippen LogP contribution in [0.25, 0.3) is 0 Å². The topological polar surface area (TPSA) is 98.3 Å². The Hall–Kier alpha value is -4.04. The second kappa shape index (κ2) is 13.2. The van der Waals surface area contributed by atoms with Gasteiger partial charge in [-0.3, -0.25) is 9.59 Å². The van der Waals surface area contributed by atoms with E-state index in [0.29, 0.717) is 52.3 Å². The molecule has 0 saturated heterocycles. The van der Waals surface area contributed by atoms with Gasteiger partial charge in [0.15, 0.2) is 18.1 Å². The second-order valence-electron chi connectivity index (χ2n) is 7.61. The predicted molar refractivity (Wildman–Crippen MR) is 141 cm³/mol. The number of amides is 2. The van der Waals surface area contributed by atoms with E-state index in [2.05, 4.69) is 15.8 Å². The molecule has 36 heavy (non-hydrogen) atoms. The number of carbonyl (C=O) groups is 2. The largest absolute Gasteiger partial charge is 0.490 e. The summed E-state index contributed by atoms with van der Waals surface area (Å²) in [6, 6.07) is 17.2. The van der Waals surface area contributed by atoms with E-state index < -0.39 is 5.91 Å². The highest BCUT2D eigenvalue weighted by Crippen LogP contribution is 2.28. The molecule has 0 aliphatic heterocycles.